The molecule has 0 saturated heterocycles. The number of amides is 2. The molecule has 7 heteroatoms. The van der Waals surface area contributed by atoms with E-state index in [4.69, 9.17) is 34.8 Å². The van der Waals surface area contributed by atoms with E-state index in [1.165, 1.54) is 5.56 Å². The van der Waals surface area contributed by atoms with E-state index < -0.39 is 10.3 Å². The lowest BCUT2D eigenvalue weighted by molar-refractivity contribution is -0.117. The Morgan fingerprint density at radius 2 is 1.79 bits per heavy atom. The average Bonchev–Trinajstić information content (AvgIpc) is 3.21. The van der Waals surface area contributed by atoms with E-state index in [1.807, 2.05) is 39.0 Å². The second-order valence-corrected chi connectivity index (χ2v) is 8.87. The van der Waals surface area contributed by atoms with Crippen LogP contribution in [0.15, 0.2) is 36.4 Å². The van der Waals surface area contributed by atoms with Crippen LogP contribution in [0.4, 0.5) is 5.69 Å². The number of nitrogens with one attached hydrogen (secondary N) is 2. The van der Waals surface area contributed by atoms with Crippen LogP contribution in [0.3, 0.4) is 0 Å². The van der Waals surface area contributed by atoms with Crippen LogP contribution in [-0.4, -0.2) is 22.7 Å². The lowest BCUT2D eigenvalue weighted by atomic mass is 10.0. The summed E-state index contributed by atoms with van der Waals surface area (Å²) in [6.45, 7) is 6.33. The molecule has 0 aromatic heterocycles. The third-order valence-electron chi connectivity index (χ3n) is 5.04. The van der Waals surface area contributed by atoms with Gasteiger partial charge in [0.05, 0.1) is 16.5 Å². The summed E-state index contributed by atoms with van der Waals surface area (Å²) in [5, 5.41) is 5.81. The Hall–Kier alpha value is -1.75. The van der Waals surface area contributed by atoms with Gasteiger partial charge in [-0.15, -0.1) is 23.2 Å². The predicted molar refractivity (Wildman–Crippen MR) is 115 cm³/mol. The van der Waals surface area contributed by atoms with Gasteiger partial charge < -0.3 is 10.6 Å². The number of hydrogen-bond donors (Lipinski definition) is 2. The first-order valence-corrected chi connectivity index (χ1v) is 10.1. The quantitative estimate of drug-likeness (QED) is 0.627. The van der Waals surface area contributed by atoms with E-state index >= 15 is 0 Å². The number of rotatable bonds is 5. The van der Waals surface area contributed by atoms with Gasteiger partial charge in [0.15, 0.2) is 0 Å². The maximum Gasteiger partial charge on any atom is 0.252 e. The second kappa shape index (κ2) is 7.94. The summed E-state index contributed by atoms with van der Waals surface area (Å²) in [6.07, 6.45) is 0. The van der Waals surface area contributed by atoms with E-state index in [-0.39, 0.29) is 17.7 Å². The molecule has 1 saturated carbocycles. The normalized spacial score (nSPS) is 19.8. The Morgan fingerprint density at radius 1 is 1.07 bits per heavy atom. The molecule has 3 rings (SSSR count). The summed E-state index contributed by atoms with van der Waals surface area (Å²) in [6, 6.07) is 10.7. The summed E-state index contributed by atoms with van der Waals surface area (Å²) in [4.78, 5) is 24.9. The molecular weight excluding hydrogens is 419 g/mol. The first-order valence-electron chi connectivity index (χ1n) is 9.00. The third kappa shape index (κ3) is 4.00. The molecule has 2 aromatic carbocycles. The van der Waals surface area contributed by atoms with Crippen molar-refractivity contribution >= 4 is 52.3 Å². The summed E-state index contributed by atoms with van der Waals surface area (Å²) < 4.78 is -1.17. The Bertz CT molecular complexity index is 943. The van der Waals surface area contributed by atoms with Gasteiger partial charge in [-0.25, -0.2) is 0 Å². The molecule has 148 valence electrons. The smallest absolute Gasteiger partial charge is 0.252 e. The minimum absolute atomic E-state index is 0.287. The lowest BCUT2D eigenvalue weighted by Crippen LogP contribution is -2.23. The molecule has 0 aliphatic heterocycles. The highest BCUT2D eigenvalue weighted by Crippen LogP contribution is 2.65. The largest absolute Gasteiger partial charge is 0.352 e. The van der Waals surface area contributed by atoms with Gasteiger partial charge in [-0.2, -0.15) is 0 Å². The van der Waals surface area contributed by atoms with Crippen molar-refractivity contribution in [3.63, 3.8) is 0 Å². The number of carbonyl (C=O) groups is 2. The zero-order valence-electron chi connectivity index (χ0n) is 15.8. The van der Waals surface area contributed by atoms with Crippen LogP contribution in [0.2, 0.25) is 5.02 Å². The maximum atomic E-state index is 12.8. The van der Waals surface area contributed by atoms with Crippen LogP contribution in [0.25, 0.3) is 0 Å². The summed E-state index contributed by atoms with van der Waals surface area (Å²) in [7, 11) is 0. The Labute approximate surface area is 179 Å². The van der Waals surface area contributed by atoms with Crippen LogP contribution < -0.4 is 10.6 Å². The molecule has 2 amide bonds. The fraction of sp³-hybridized carbons (Fsp3) is 0.333. The fourth-order valence-electron chi connectivity index (χ4n) is 3.28. The molecular formula is C21H21Cl3N2O2. The van der Waals surface area contributed by atoms with Gasteiger partial charge in [0, 0.05) is 18.2 Å². The zero-order chi connectivity index (χ0) is 20.6. The Kier molecular flexibility index (Phi) is 5.95. The van der Waals surface area contributed by atoms with Crippen LogP contribution in [-0.2, 0) is 4.79 Å². The monoisotopic (exact) mass is 438 g/mol. The highest BCUT2D eigenvalue weighted by molar-refractivity contribution is 6.53. The first kappa shape index (κ1) is 21.0. The van der Waals surface area contributed by atoms with Gasteiger partial charge in [-0.05, 0) is 55.7 Å². The standard InChI is InChI=1S/C21H21Cl3N2O2/c1-4-25-19(27)15-10-14(7-8-16(15)22)26-20(28)18-17(21(18,23)24)13-6-5-11(2)12(3)9-13/h5-10,17-18H,4H2,1-3H3,(H,25,27)(H,26,28). The number of anilines is 1. The fourth-order valence-corrected chi connectivity index (χ4v) is 4.31. The molecule has 0 bridgehead atoms. The van der Waals surface area contributed by atoms with E-state index in [9.17, 15) is 9.59 Å². The number of halogens is 3. The van der Waals surface area contributed by atoms with Crippen molar-refractivity contribution in [3.05, 3.63) is 63.7 Å². The van der Waals surface area contributed by atoms with Crippen molar-refractivity contribution in [3.8, 4) is 0 Å². The molecule has 0 heterocycles. The first-order chi connectivity index (χ1) is 13.2. The molecule has 2 unspecified atom stereocenters. The van der Waals surface area contributed by atoms with Crippen molar-refractivity contribution in [2.45, 2.75) is 31.0 Å². The van der Waals surface area contributed by atoms with E-state index in [0.717, 1.165) is 11.1 Å². The number of alkyl halides is 2. The molecule has 1 aliphatic rings. The number of benzene rings is 2. The SMILES string of the molecule is CCNC(=O)c1cc(NC(=O)C2C(c3ccc(C)c(C)c3)C2(Cl)Cl)ccc1Cl. The van der Waals surface area contributed by atoms with Crippen LogP contribution >= 0.6 is 34.8 Å². The van der Waals surface area contributed by atoms with Gasteiger partial charge in [0.2, 0.25) is 5.91 Å². The zero-order valence-corrected chi connectivity index (χ0v) is 18.0. The second-order valence-electron chi connectivity index (χ2n) is 7.02. The molecule has 0 radical (unpaired) electrons. The number of carbonyl (C=O) groups excluding carboxylic acids is 2. The Balaban J connectivity index is 1.79. The van der Waals surface area contributed by atoms with Gasteiger partial charge in [-0.3, -0.25) is 9.59 Å². The number of hydrogen-bond acceptors (Lipinski definition) is 2. The van der Waals surface area contributed by atoms with Crippen molar-refractivity contribution in [1.29, 1.82) is 0 Å². The summed E-state index contributed by atoms with van der Waals surface area (Å²) >= 11 is 19.0. The highest BCUT2D eigenvalue weighted by Gasteiger charge is 2.67. The molecule has 2 N–H and O–H groups in total. The molecule has 0 spiro atoms. The van der Waals surface area contributed by atoms with Gasteiger partial charge in [-0.1, -0.05) is 29.8 Å². The topological polar surface area (TPSA) is 58.2 Å². The summed E-state index contributed by atoms with van der Waals surface area (Å²) in [5.74, 6) is -1.46. The van der Waals surface area contributed by atoms with Crippen molar-refractivity contribution in [2.24, 2.45) is 5.92 Å². The van der Waals surface area contributed by atoms with Crippen molar-refractivity contribution in [2.75, 3.05) is 11.9 Å². The van der Waals surface area contributed by atoms with Crippen molar-refractivity contribution < 1.29 is 9.59 Å². The third-order valence-corrected chi connectivity index (χ3v) is 6.31. The summed E-state index contributed by atoms with van der Waals surface area (Å²) in [5.41, 5.74) is 3.99. The molecule has 1 fully saturated rings. The van der Waals surface area contributed by atoms with E-state index in [1.54, 1.807) is 18.2 Å². The van der Waals surface area contributed by atoms with E-state index in [2.05, 4.69) is 10.6 Å². The molecule has 28 heavy (non-hydrogen) atoms. The molecule has 2 aromatic rings. The average molecular weight is 440 g/mol. The van der Waals surface area contributed by atoms with Crippen LogP contribution in [0.5, 0.6) is 0 Å². The predicted octanol–water partition coefficient (Wildman–Crippen LogP) is 5.23. The van der Waals surface area contributed by atoms with Gasteiger partial charge in [0.1, 0.15) is 4.33 Å². The van der Waals surface area contributed by atoms with Gasteiger partial charge in [0.25, 0.3) is 5.91 Å². The van der Waals surface area contributed by atoms with Crippen LogP contribution in [0.1, 0.15) is 39.9 Å². The van der Waals surface area contributed by atoms with Crippen molar-refractivity contribution in [1.82, 2.24) is 5.32 Å². The molecule has 2 atom stereocenters. The van der Waals surface area contributed by atoms with Gasteiger partial charge >= 0.3 is 0 Å². The maximum absolute atomic E-state index is 12.8. The highest BCUT2D eigenvalue weighted by atomic mass is 35.5. The minimum Gasteiger partial charge on any atom is -0.352 e. The number of aryl methyl sites for hydroxylation is 2. The lowest BCUT2D eigenvalue weighted by Gasteiger charge is -2.09. The van der Waals surface area contributed by atoms with E-state index in [0.29, 0.717) is 22.8 Å². The molecule has 4 nitrogen and oxygen atoms in total. The molecule has 1 aliphatic carbocycles. The minimum atomic E-state index is -1.17. The van der Waals surface area contributed by atoms with Crippen LogP contribution in [0, 0.1) is 19.8 Å². The Morgan fingerprint density at radius 3 is 2.43 bits per heavy atom.